The molecular formula is C25H37N5O2. The Hall–Kier alpha value is -2.29. The van der Waals surface area contributed by atoms with Crippen molar-refractivity contribution in [3.8, 4) is 11.1 Å². The van der Waals surface area contributed by atoms with Gasteiger partial charge in [0.05, 0.1) is 5.69 Å². The average molecular weight is 440 g/mol. The molecule has 0 aromatic heterocycles. The molecule has 0 bridgehead atoms. The van der Waals surface area contributed by atoms with Gasteiger partial charge in [-0.25, -0.2) is 4.99 Å². The molecule has 4 atom stereocenters. The van der Waals surface area contributed by atoms with Gasteiger partial charge in [-0.1, -0.05) is 36.4 Å². The van der Waals surface area contributed by atoms with E-state index in [0.29, 0.717) is 12.4 Å². The van der Waals surface area contributed by atoms with Crippen LogP contribution in [0.15, 0.2) is 53.5 Å². The van der Waals surface area contributed by atoms with Crippen LogP contribution in [-0.2, 0) is 0 Å². The molecule has 1 saturated heterocycles. The Bertz CT molecular complexity index is 911. The lowest BCUT2D eigenvalue weighted by Crippen LogP contribution is -2.61. The maximum Gasteiger partial charge on any atom is 0.133 e. The molecule has 0 amide bonds. The van der Waals surface area contributed by atoms with Crippen LogP contribution >= 0.6 is 0 Å². The lowest BCUT2D eigenvalue weighted by Gasteiger charge is -2.46. The van der Waals surface area contributed by atoms with Gasteiger partial charge in [0.15, 0.2) is 0 Å². The molecule has 174 valence electrons. The Morgan fingerprint density at radius 1 is 1.12 bits per heavy atom. The van der Waals surface area contributed by atoms with E-state index in [0.717, 1.165) is 35.3 Å². The van der Waals surface area contributed by atoms with Crippen LogP contribution in [0.2, 0.25) is 0 Å². The van der Waals surface area contributed by atoms with E-state index < -0.39 is 12.5 Å². The predicted octanol–water partition coefficient (Wildman–Crippen LogP) is 2.53. The third kappa shape index (κ3) is 5.36. The van der Waals surface area contributed by atoms with E-state index >= 15 is 0 Å². The lowest BCUT2D eigenvalue weighted by atomic mass is 9.78. The van der Waals surface area contributed by atoms with Crippen LogP contribution in [0.25, 0.3) is 11.1 Å². The molecule has 0 saturated carbocycles. The topological polar surface area (TPSA) is 97.3 Å². The van der Waals surface area contributed by atoms with Crippen molar-refractivity contribution in [3.05, 3.63) is 54.1 Å². The van der Waals surface area contributed by atoms with E-state index in [2.05, 4.69) is 12.2 Å². The van der Waals surface area contributed by atoms with E-state index in [4.69, 9.17) is 10.7 Å². The van der Waals surface area contributed by atoms with Gasteiger partial charge < -0.3 is 21.3 Å². The molecule has 7 nitrogen and oxygen atoms in total. The molecule has 5 N–H and O–H groups in total. The number of aliphatic imine (C=N–C) groups is 1. The number of hydrogen-bond donors (Lipinski definition) is 4. The van der Waals surface area contributed by atoms with Crippen LogP contribution in [0.3, 0.4) is 0 Å². The first-order valence-electron chi connectivity index (χ1n) is 11.1. The highest BCUT2D eigenvalue weighted by Crippen LogP contribution is 2.30. The summed E-state index contributed by atoms with van der Waals surface area (Å²) in [6.07, 6.45) is -0.236. The molecule has 1 heterocycles. The van der Waals surface area contributed by atoms with Gasteiger partial charge in [0, 0.05) is 24.5 Å². The largest absolute Gasteiger partial charge is 0.387 e. The Labute approximate surface area is 191 Å². The maximum atomic E-state index is 10.2. The Morgan fingerprint density at radius 2 is 1.69 bits per heavy atom. The fourth-order valence-corrected chi connectivity index (χ4v) is 4.24. The number of nitrogens with zero attached hydrogens (tertiary/aromatic N) is 3. The minimum atomic E-state index is -0.614. The predicted molar refractivity (Wildman–Crippen MR) is 131 cm³/mol. The molecule has 0 spiro atoms. The Kier molecular flexibility index (Phi) is 7.69. The summed E-state index contributed by atoms with van der Waals surface area (Å²) in [5.74, 6) is 0.563. The standard InChI is InChI=1S/C25H37N5O2/c1-17(31)30-15-14-25(2,27-3)22(16-30)23(26)28-21-12-10-19(11-13-21)18-6-8-20(9-7-18)24(32)29(4)5/h6-13,17,22,24,27,31-32H,14-16H2,1-5H3,(H2,26,28). The Balaban J connectivity index is 1.77. The zero-order valence-electron chi connectivity index (χ0n) is 19.8. The quantitative estimate of drug-likeness (QED) is 0.301. The monoisotopic (exact) mass is 439 g/mol. The van der Waals surface area contributed by atoms with Gasteiger partial charge in [-0.15, -0.1) is 0 Å². The molecule has 32 heavy (non-hydrogen) atoms. The number of aliphatic hydroxyl groups is 2. The second-order valence-corrected chi connectivity index (χ2v) is 9.14. The lowest BCUT2D eigenvalue weighted by molar-refractivity contribution is -0.0206. The van der Waals surface area contributed by atoms with Crippen molar-refractivity contribution in [2.24, 2.45) is 16.6 Å². The number of nitrogens with one attached hydrogen (secondary N) is 1. The van der Waals surface area contributed by atoms with Crippen molar-refractivity contribution >= 4 is 11.5 Å². The Morgan fingerprint density at radius 3 is 2.19 bits per heavy atom. The van der Waals surface area contributed by atoms with E-state index in [1.807, 2.05) is 74.6 Å². The zero-order chi connectivity index (χ0) is 23.5. The summed E-state index contributed by atoms with van der Waals surface area (Å²) in [7, 11) is 5.64. The van der Waals surface area contributed by atoms with Crippen molar-refractivity contribution in [1.29, 1.82) is 0 Å². The van der Waals surface area contributed by atoms with Gasteiger partial charge in [0.1, 0.15) is 18.3 Å². The summed E-state index contributed by atoms with van der Waals surface area (Å²) in [5, 5.41) is 23.6. The molecule has 1 fully saturated rings. The number of amidine groups is 1. The molecule has 1 aliphatic heterocycles. The van der Waals surface area contributed by atoms with Crippen LogP contribution in [-0.4, -0.2) is 71.8 Å². The number of likely N-dealkylation sites (tertiary alicyclic amines) is 1. The van der Waals surface area contributed by atoms with Crippen LogP contribution in [0.4, 0.5) is 5.69 Å². The van der Waals surface area contributed by atoms with Crippen molar-refractivity contribution in [3.63, 3.8) is 0 Å². The van der Waals surface area contributed by atoms with Crippen LogP contribution in [0.1, 0.15) is 32.1 Å². The number of hydrogen-bond acceptors (Lipinski definition) is 6. The van der Waals surface area contributed by atoms with Gasteiger partial charge in [0.25, 0.3) is 0 Å². The fourth-order valence-electron chi connectivity index (χ4n) is 4.24. The van der Waals surface area contributed by atoms with Crippen LogP contribution in [0, 0.1) is 5.92 Å². The molecule has 4 unspecified atom stereocenters. The fraction of sp³-hybridized carbons (Fsp3) is 0.480. The van der Waals surface area contributed by atoms with Crippen molar-refractivity contribution in [1.82, 2.24) is 15.1 Å². The normalized spacial score (nSPS) is 24.5. The number of piperidine rings is 1. The number of benzene rings is 2. The first-order valence-corrected chi connectivity index (χ1v) is 11.1. The third-order valence-electron chi connectivity index (χ3n) is 6.72. The molecule has 2 aromatic carbocycles. The molecular weight excluding hydrogens is 402 g/mol. The number of nitrogens with two attached hydrogens (primary N) is 1. The summed E-state index contributed by atoms with van der Waals surface area (Å²) < 4.78 is 0. The van der Waals surface area contributed by atoms with Crippen LogP contribution in [0.5, 0.6) is 0 Å². The zero-order valence-corrected chi connectivity index (χ0v) is 19.8. The second kappa shape index (κ2) is 10.1. The first-order chi connectivity index (χ1) is 15.1. The summed E-state index contributed by atoms with van der Waals surface area (Å²) >= 11 is 0. The molecule has 3 rings (SSSR count). The smallest absolute Gasteiger partial charge is 0.133 e. The van der Waals surface area contributed by atoms with Crippen molar-refractivity contribution in [2.75, 3.05) is 34.2 Å². The van der Waals surface area contributed by atoms with Gasteiger partial charge in [-0.05, 0) is 70.2 Å². The first kappa shape index (κ1) is 24.4. The van der Waals surface area contributed by atoms with Crippen molar-refractivity contribution < 1.29 is 10.2 Å². The SMILES string of the molecule is CNC1(C)CCN(C(C)O)CC1C(N)=Nc1ccc(-c2ccc(C(O)N(C)C)cc2)cc1. The maximum absolute atomic E-state index is 10.2. The van der Waals surface area contributed by atoms with E-state index in [1.54, 1.807) is 11.8 Å². The van der Waals surface area contributed by atoms with E-state index in [-0.39, 0.29) is 11.5 Å². The highest BCUT2D eigenvalue weighted by Gasteiger charge is 2.41. The van der Waals surface area contributed by atoms with E-state index in [9.17, 15) is 10.2 Å². The van der Waals surface area contributed by atoms with Gasteiger partial charge in [0.2, 0.25) is 0 Å². The minimum absolute atomic E-state index is 0.00815. The summed E-state index contributed by atoms with van der Waals surface area (Å²) in [4.78, 5) is 8.51. The average Bonchev–Trinajstić information content (AvgIpc) is 2.79. The van der Waals surface area contributed by atoms with Gasteiger partial charge in [-0.2, -0.15) is 0 Å². The number of aliphatic hydroxyl groups excluding tert-OH is 2. The third-order valence-corrected chi connectivity index (χ3v) is 6.72. The number of rotatable bonds is 7. The molecule has 0 aliphatic carbocycles. The summed E-state index contributed by atoms with van der Waals surface area (Å²) in [5.41, 5.74) is 10.1. The van der Waals surface area contributed by atoms with E-state index in [1.165, 1.54) is 0 Å². The minimum Gasteiger partial charge on any atom is -0.387 e. The highest BCUT2D eigenvalue weighted by atomic mass is 16.3. The molecule has 7 heteroatoms. The van der Waals surface area contributed by atoms with Gasteiger partial charge >= 0.3 is 0 Å². The summed E-state index contributed by atoms with van der Waals surface area (Å²) in [6, 6.07) is 15.9. The van der Waals surface area contributed by atoms with Crippen molar-refractivity contribution in [2.45, 2.75) is 38.3 Å². The molecule has 0 radical (unpaired) electrons. The molecule has 1 aliphatic rings. The molecule has 2 aromatic rings. The second-order valence-electron chi connectivity index (χ2n) is 9.14. The van der Waals surface area contributed by atoms with Crippen LogP contribution < -0.4 is 11.1 Å². The van der Waals surface area contributed by atoms with Gasteiger partial charge in [-0.3, -0.25) is 9.80 Å². The summed E-state index contributed by atoms with van der Waals surface area (Å²) in [6.45, 7) is 5.43. The highest BCUT2D eigenvalue weighted by molar-refractivity contribution is 5.87.